The number of halogens is 1. The molecule has 0 fully saturated rings. The highest BCUT2D eigenvalue weighted by molar-refractivity contribution is 7.89. The Hall–Kier alpha value is -1.92. The molecule has 0 heterocycles. The topological polar surface area (TPSA) is 55.4 Å². The van der Waals surface area contributed by atoms with E-state index in [4.69, 9.17) is 4.74 Å². The Bertz CT molecular complexity index is 697. The molecule has 4 nitrogen and oxygen atoms in total. The minimum Gasteiger partial charge on any atom is -0.492 e. The largest absolute Gasteiger partial charge is 0.492 e. The second kappa shape index (κ2) is 7.38. The molecule has 0 radical (unpaired) electrons. The first-order chi connectivity index (χ1) is 10.4. The van der Waals surface area contributed by atoms with Crippen LogP contribution in [0, 0.1) is 12.7 Å². The predicted octanol–water partition coefficient (Wildman–Crippen LogP) is 2.63. The molecule has 0 bridgehead atoms. The van der Waals surface area contributed by atoms with E-state index in [1.54, 1.807) is 0 Å². The Morgan fingerprint density at radius 1 is 1.05 bits per heavy atom. The van der Waals surface area contributed by atoms with Gasteiger partial charge < -0.3 is 4.74 Å². The van der Waals surface area contributed by atoms with Gasteiger partial charge in [-0.3, -0.25) is 0 Å². The van der Waals surface area contributed by atoms with Gasteiger partial charge in [-0.1, -0.05) is 29.8 Å². The van der Waals surface area contributed by atoms with Crippen LogP contribution in [-0.4, -0.2) is 20.8 Å². The molecule has 118 valence electrons. The molecule has 0 saturated carbocycles. The van der Waals surface area contributed by atoms with Crippen molar-refractivity contribution in [3.63, 3.8) is 0 Å². The van der Waals surface area contributed by atoms with Crippen molar-refractivity contribution < 1.29 is 17.5 Å². The summed E-state index contributed by atoms with van der Waals surface area (Å²) in [5, 5.41) is 0. The molecule has 0 spiro atoms. The van der Waals surface area contributed by atoms with Crippen LogP contribution in [0.5, 0.6) is 5.75 Å². The lowest BCUT2D eigenvalue weighted by atomic mass is 10.2. The van der Waals surface area contributed by atoms with Gasteiger partial charge in [0, 0.05) is 6.54 Å². The second-order valence-corrected chi connectivity index (χ2v) is 6.85. The Kier molecular flexibility index (Phi) is 5.51. The average molecular weight is 323 g/mol. The Labute approximate surface area is 130 Å². The van der Waals surface area contributed by atoms with E-state index >= 15 is 0 Å². The van der Waals surface area contributed by atoms with Gasteiger partial charge in [-0.15, -0.1) is 0 Å². The molecule has 2 aromatic rings. The number of hydrogen-bond donors (Lipinski definition) is 1. The third-order valence-corrected chi connectivity index (χ3v) is 4.34. The summed E-state index contributed by atoms with van der Waals surface area (Å²) in [6.45, 7) is 2.23. The van der Waals surface area contributed by atoms with Crippen LogP contribution in [-0.2, 0) is 16.6 Å². The summed E-state index contributed by atoms with van der Waals surface area (Å²) in [7, 11) is -3.42. The number of sulfonamides is 1. The minimum absolute atomic E-state index is 0.00879. The SMILES string of the molecule is Cc1ccc(CNS(=O)(=O)CCOc2ccc(F)cc2)cc1. The summed E-state index contributed by atoms with van der Waals surface area (Å²) in [5.74, 6) is -0.0779. The van der Waals surface area contributed by atoms with Gasteiger partial charge in [0.05, 0.1) is 5.75 Å². The van der Waals surface area contributed by atoms with Crippen molar-refractivity contribution >= 4 is 10.0 Å². The third kappa shape index (κ3) is 5.46. The van der Waals surface area contributed by atoms with Crippen LogP contribution < -0.4 is 9.46 Å². The van der Waals surface area contributed by atoms with Crippen molar-refractivity contribution in [2.24, 2.45) is 0 Å². The number of nitrogens with one attached hydrogen (secondary N) is 1. The Morgan fingerprint density at radius 2 is 1.68 bits per heavy atom. The van der Waals surface area contributed by atoms with E-state index in [0.717, 1.165) is 11.1 Å². The number of rotatable bonds is 7. The number of hydrogen-bond acceptors (Lipinski definition) is 3. The summed E-state index contributed by atoms with van der Waals surface area (Å²) in [6, 6.07) is 13.1. The third-order valence-electron chi connectivity index (χ3n) is 3.05. The zero-order valence-corrected chi connectivity index (χ0v) is 13.1. The van der Waals surface area contributed by atoms with Crippen LogP contribution >= 0.6 is 0 Å². The van der Waals surface area contributed by atoms with E-state index in [-0.39, 0.29) is 24.7 Å². The maximum Gasteiger partial charge on any atom is 0.215 e. The molecule has 2 aromatic carbocycles. The van der Waals surface area contributed by atoms with E-state index in [1.807, 2.05) is 31.2 Å². The highest BCUT2D eigenvalue weighted by Gasteiger charge is 2.10. The second-order valence-electron chi connectivity index (χ2n) is 4.93. The first kappa shape index (κ1) is 16.5. The van der Waals surface area contributed by atoms with Gasteiger partial charge in [0.1, 0.15) is 18.2 Å². The normalized spacial score (nSPS) is 11.4. The van der Waals surface area contributed by atoms with E-state index in [0.29, 0.717) is 5.75 Å². The Morgan fingerprint density at radius 3 is 2.32 bits per heavy atom. The van der Waals surface area contributed by atoms with Crippen LogP contribution in [0.4, 0.5) is 4.39 Å². The Balaban J connectivity index is 1.78. The molecule has 0 aliphatic rings. The summed E-state index contributed by atoms with van der Waals surface area (Å²) < 4.78 is 44.3. The molecule has 1 N–H and O–H groups in total. The fraction of sp³-hybridized carbons (Fsp3) is 0.250. The van der Waals surface area contributed by atoms with Crippen molar-refractivity contribution in [1.82, 2.24) is 4.72 Å². The molecule has 0 aliphatic carbocycles. The summed E-state index contributed by atoms with van der Waals surface area (Å²) in [6.07, 6.45) is 0. The van der Waals surface area contributed by atoms with Gasteiger partial charge in [-0.2, -0.15) is 0 Å². The van der Waals surface area contributed by atoms with Gasteiger partial charge in [-0.25, -0.2) is 17.5 Å². The first-order valence-electron chi connectivity index (χ1n) is 6.86. The predicted molar refractivity (Wildman–Crippen MR) is 83.7 cm³/mol. The number of aryl methyl sites for hydroxylation is 1. The molecule has 0 saturated heterocycles. The lowest BCUT2D eigenvalue weighted by molar-refractivity contribution is 0.339. The maximum absolute atomic E-state index is 12.7. The van der Waals surface area contributed by atoms with Crippen molar-refractivity contribution in [1.29, 1.82) is 0 Å². The summed E-state index contributed by atoms with van der Waals surface area (Å²) in [4.78, 5) is 0. The first-order valence-corrected chi connectivity index (χ1v) is 8.51. The van der Waals surface area contributed by atoms with Crippen molar-refractivity contribution in [2.75, 3.05) is 12.4 Å². The lowest BCUT2D eigenvalue weighted by Crippen LogP contribution is -2.28. The summed E-state index contributed by atoms with van der Waals surface area (Å²) in [5.41, 5.74) is 2.02. The van der Waals surface area contributed by atoms with Gasteiger partial charge in [0.15, 0.2) is 0 Å². The fourth-order valence-corrected chi connectivity index (χ4v) is 2.61. The van der Waals surface area contributed by atoms with Crippen molar-refractivity contribution in [2.45, 2.75) is 13.5 Å². The van der Waals surface area contributed by atoms with Crippen LogP contribution in [0.3, 0.4) is 0 Å². The quantitative estimate of drug-likeness (QED) is 0.852. The zero-order chi connectivity index (χ0) is 16.0. The molecule has 0 atom stereocenters. The van der Waals surface area contributed by atoms with E-state index in [1.165, 1.54) is 24.3 Å². The van der Waals surface area contributed by atoms with Crippen molar-refractivity contribution in [3.8, 4) is 5.75 Å². The van der Waals surface area contributed by atoms with Crippen molar-refractivity contribution in [3.05, 3.63) is 65.5 Å². The highest BCUT2D eigenvalue weighted by atomic mass is 32.2. The molecule has 0 amide bonds. The van der Waals surface area contributed by atoms with Crippen LogP contribution in [0.25, 0.3) is 0 Å². The molecular formula is C16H18FNO3S. The molecule has 0 aliphatic heterocycles. The van der Waals surface area contributed by atoms with Crippen LogP contribution in [0.2, 0.25) is 0 Å². The van der Waals surface area contributed by atoms with Gasteiger partial charge >= 0.3 is 0 Å². The van der Waals surface area contributed by atoms with Crippen LogP contribution in [0.15, 0.2) is 48.5 Å². The van der Waals surface area contributed by atoms with Gasteiger partial charge in [-0.05, 0) is 36.8 Å². The van der Waals surface area contributed by atoms with Crippen LogP contribution in [0.1, 0.15) is 11.1 Å². The number of benzene rings is 2. The molecule has 0 unspecified atom stereocenters. The zero-order valence-electron chi connectivity index (χ0n) is 12.3. The highest BCUT2D eigenvalue weighted by Crippen LogP contribution is 2.11. The smallest absolute Gasteiger partial charge is 0.215 e. The van der Waals surface area contributed by atoms with E-state index in [9.17, 15) is 12.8 Å². The monoisotopic (exact) mass is 323 g/mol. The molecular weight excluding hydrogens is 305 g/mol. The van der Waals surface area contributed by atoms with E-state index < -0.39 is 10.0 Å². The van der Waals surface area contributed by atoms with Gasteiger partial charge in [0.2, 0.25) is 10.0 Å². The minimum atomic E-state index is -3.42. The number of ether oxygens (including phenoxy) is 1. The molecule has 6 heteroatoms. The van der Waals surface area contributed by atoms with Gasteiger partial charge in [0.25, 0.3) is 0 Å². The van der Waals surface area contributed by atoms with E-state index in [2.05, 4.69) is 4.72 Å². The molecule has 0 aromatic heterocycles. The molecule has 22 heavy (non-hydrogen) atoms. The lowest BCUT2D eigenvalue weighted by Gasteiger charge is -2.09. The fourth-order valence-electron chi connectivity index (χ4n) is 1.77. The average Bonchev–Trinajstić information content (AvgIpc) is 2.49. The molecule has 2 rings (SSSR count). The maximum atomic E-state index is 12.7. The summed E-state index contributed by atoms with van der Waals surface area (Å²) >= 11 is 0. The standard InChI is InChI=1S/C16H18FNO3S/c1-13-2-4-14(5-3-13)12-18-22(19,20)11-10-21-16-8-6-15(17)7-9-16/h2-9,18H,10-12H2,1H3.